The number of rotatable bonds is 11. The SMILES string of the molecule is CCCNc1ccc(O)c2c1C(=O)c1c(O)ccc(NCCNC(=O)C(CC(=O)OC(C)(C)C)NC(=O)OC(C)(C)C)c1C2=O. The monoisotopic (exact) mass is 626 g/mol. The highest BCUT2D eigenvalue weighted by Gasteiger charge is 2.38. The van der Waals surface area contributed by atoms with Crippen molar-refractivity contribution in [2.24, 2.45) is 0 Å². The average molecular weight is 627 g/mol. The number of anilines is 2. The van der Waals surface area contributed by atoms with E-state index in [1.54, 1.807) is 41.5 Å². The highest BCUT2D eigenvalue weighted by atomic mass is 16.6. The zero-order valence-electron chi connectivity index (χ0n) is 26.7. The molecular formula is C32H42N4O9. The lowest BCUT2D eigenvalue weighted by molar-refractivity contribution is -0.156. The standard InChI is InChI=1S/C32H42N4O9/c1-8-13-33-17-9-11-20(37)25-23(17)27(40)26-21(38)12-10-18(24(26)28(25)41)34-14-15-35-29(42)19(16-22(39)44-31(2,3)4)36-30(43)45-32(5,6)7/h9-12,19,33-34,37-38H,8,13-16H2,1-7H3,(H,35,42)(H,36,43). The average Bonchev–Trinajstić information content (AvgIpc) is 2.91. The summed E-state index contributed by atoms with van der Waals surface area (Å²) in [5.74, 6) is -3.42. The van der Waals surface area contributed by atoms with Gasteiger partial charge in [0, 0.05) is 31.0 Å². The molecular weight excluding hydrogens is 584 g/mol. The number of carbonyl (C=O) groups excluding carboxylic acids is 5. The van der Waals surface area contributed by atoms with Gasteiger partial charge in [0.2, 0.25) is 17.5 Å². The van der Waals surface area contributed by atoms with Crippen LogP contribution < -0.4 is 21.3 Å². The normalized spacial score (nSPS) is 13.2. The number of alkyl carbamates (subject to hydrolysis) is 1. The summed E-state index contributed by atoms with van der Waals surface area (Å²) < 4.78 is 10.5. The minimum atomic E-state index is -1.30. The van der Waals surface area contributed by atoms with Crippen molar-refractivity contribution >= 4 is 40.9 Å². The zero-order valence-corrected chi connectivity index (χ0v) is 26.7. The van der Waals surface area contributed by atoms with Crippen LogP contribution >= 0.6 is 0 Å². The molecule has 6 N–H and O–H groups in total. The highest BCUT2D eigenvalue weighted by Crippen LogP contribution is 2.42. The smallest absolute Gasteiger partial charge is 0.408 e. The number of hydrogen-bond donors (Lipinski definition) is 6. The largest absolute Gasteiger partial charge is 0.507 e. The maximum absolute atomic E-state index is 13.7. The minimum absolute atomic E-state index is 0.0193. The van der Waals surface area contributed by atoms with Crippen molar-refractivity contribution in [1.82, 2.24) is 10.6 Å². The van der Waals surface area contributed by atoms with Crippen molar-refractivity contribution in [3.8, 4) is 11.5 Å². The van der Waals surface area contributed by atoms with Crippen LogP contribution in [0, 0.1) is 0 Å². The van der Waals surface area contributed by atoms with E-state index in [4.69, 9.17) is 9.47 Å². The molecule has 1 unspecified atom stereocenters. The molecule has 3 rings (SSSR count). The van der Waals surface area contributed by atoms with Crippen LogP contribution in [-0.2, 0) is 19.1 Å². The predicted molar refractivity (Wildman–Crippen MR) is 167 cm³/mol. The Labute approximate surface area is 262 Å². The molecule has 1 aliphatic carbocycles. The molecule has 0 aliphatic heterocycles. The number of fused-ring (bicyclic) bond motifs is 2. The molecule has 2 aromatic carbocycles. The van der Waals surface area contributed by atoms with Crippen LogP contribution in [0.1, 0.15) is 93.2 Å². The Bertz CT molecular complexity index is 1460. The Balaban J connectivity index is 1.76. The van der Waals surface area contributed by atoms with Gasteiger partial charge >= 0.3 is 12.1 Å². The fraction of sp³-hybridized carbons (Fsp3) is 0.469. The lowest BCUT2D eigenvalue weighted by Crippen LogP contribution is -2.50. The molecule has 0 bridgehead atoms. The van der Waals surface area contributed by atoms with E-state index in [-0.39, 0.29) is 46.8 Å². The molecule has 13 nitrogen and oxygen atoms in total. The summed E-state index contributed by atoms with van der Waals surface area (Å²) in [7, 11) is 0. The van der Waals surface area contributed by atoms with Crippen LogP contribution in [0.5, 0.6) is 11.5 Å². The van der Waals surface area contributed by atoms with Crippen LogP contribution in [-0.4, -0.2) is 76.6 Å². The van der Waals surface area contributed by atoms with E-state index < -0.39 is 59.0 Å². The summed E-state index contributed by atoms with van der Waals surface area (Å²) in [4.78, 5) is 65.1. The molecule has 0 aromatic heterocycles. The second-order valence-corrected chi connectivity index (χ2v) is 12.6. The molecule has 0 radical (unpaired) electrons. The topological polar surface area (TPSA) is 192 Å². The highest BCUT2D eigenvalue weighted by molar-refractivity contribution is 6.33. The van der Waals surface area contributed by atoms with Gasteiger partial charge in [0.25, 0.3) is 0 Å². The number of carbonyl (C=O) groups is 5. The Kier molecular flexibility index (Phi) is 10.7. The number of esters is 1. The van der Waals surface area contributed by atoms with Crippen LogP contribution in [0.2, 0.25) is 0 Å². The summed E-state index contributed by atoms with van der Waals surface area (Å²) in [6, 6.07) is 4.23. The van der Waals surface area contributed by atoms with Crippen LogP contribution in [0.3, 0.4) is 0 Å². The first-order valence-corrected chi connectivity index (χ1v) is 14.7. The molecule has 0 fully saturated rings. The molecule has 1 aliphatic rings. The van der Waals surface area contributed by atoms with E-state index in [9.17, 15) is 34.2 Å². The maximum atomic E-state index is 13.7. The Morgan fingerprint density at radius 1 is 0.733 bits per heavy atom. The van der Waals surface area contributed by atoms with Gasteiger partial charge in [0.05, 0.1) is 28.7 Å². The lowest BCUT2D eigenvalue weighted by atomic mass is 9.81. The molecule has 0 saturated carbocycles. The van der Waals surface area contributed by atoms with E-state index in [0.717, 1.165) is 6.42 Å². The van der Waals surface area contributed by atoms with Gasteiger partial charge in [-0.2, -0.15) is 0 Å². The molecule has 244 valence electrons. The molecule has 2 amide bonds. The first-order valence-electron chi connectivity index (χ1n) is 14.7. The third kappa shape index (κ3) is 8.87. The summed E-state index contributed by atoms with van der Waals surface area (Å²) in [6.45, 7) is 12.5. The first-order chi connectivity index (χ1) is 20.9. The number of aromatic hydroxyl groups is 2. The number of benzene rings is 2. The zero-order chi connectivity index (χ0) is 33.7. The van der Waals surface area contributed by atoms with Gasteiger partial charge in [0.1, 0.15) is 28.7 Å². The van der Waals surface area contributed by atoms with Crippen molar-refractivity contribution in [3.05, 3.63) is 46.5 Å². The predicted octanol–water partition coefficient (Wildman–Crippen LogP) is 3.85. The van der Waals surface area contributed by atoms with Gasteiger partial charge in [-0.1, -0.05) is 6.92 Å². The summed E-state index contributed by atoms with van der Waals surface area (Å²) in [5.41, 5.74) is -1.58. The van der Waals surface area contributed by atoms with Crippen molar-refractivity contribution in [1.29, 1.82) is 0 Å². The third-order valence-corrected chi connectivity index (χ3v) is 6.38. The molecule has 13 heteroatoms. The van der Waals surface area contributed by atoms with E-state index in [0.29, 0.717) is 12.2 Å². The lowest BCUT2D eigenvalue weighted by Gasteiger charge is -2.25. The molecule has 0 heterocycles. The second kappa shape index (κ2) is 13.9. The Hall–Kier alpha value is -4.81. The van der Waals surface area contributed by atoms with E-state index in [1.165, 1.54) is 24.3 Å². The van der Waals surface area contributed by atoms with E-state index in [1.807, 2.05) is 6.92 Å². The molecule has 0 saturated heterocycles. The van der Waals surface area contributed by atoms with Crippen molar-refractivity contribution < 1.29 is 43.7 Å². The molecule has 45 heavy (non-hydrogen) atoms. The summed E-state index contributed by atoms with van der Waals surface area (Å²) in [6.07, 6.45) is -0.585. The fourth-order valence-corrected chi connectivity index (χ4v) is 4.63. The Morgan fingerprint density at radius 3 is 1.69 bits per heavy atom. The first kappa shape index (κ1) is 34.7. The molecule has 1 atom stereocenters. The van der Waals surface area contributed by atoms with Crippen LogP contribution in [0.15, 0.2) is 24.3 Å². The Morgan fingerprint density at radius 2 is 1.22 bits per heavy atom. The van der Waals surface area contributed by atoms with Gasteiger partial charge in [-0.3, -0.25) is 19.2 Å². The number of hydrogen-bond acceptors (Lipinski definition) is 11. The van der Waals surface area contributed by atoms with E-state index >= 15 is 0 Å². The number of amides is 2. The number of nitrogens with one attached hydrogen (secondary N) is 4. The summed E-state index contributed by atoms with van der Waals surface area (Å²) >= 11 is 0. The quantitative estimate of drug-likeness (QED) is 0.103. The second-order valence-electron chi connectivity index (χ2n) is 12.6. The number of phenols is 2. The molecule has 0 spiro atoms. The fourth-order valence-electron chi connectivity index (χ4n) is 4.63. The van der Waals surface area contributed by atoms with Gasteiger partial charge in [-0.05, 0) is 72.2 Å². The van der Waals surface area contributed by atoms with Crippen molar-refractivity contribution in [2.75, 3.05) is 30.3 Å². The number of ketones is 2. The van der Waals surface area contributed by atoms with Crippen molar-refractivity contribution in [3.63, 3.8) is 0 Å². The van der Waals surface area contributed by atoms with Crippen molar-refractivity contribution in [2.45, 2.75) is 78.6 Å². The van der Waals surface area contributed by atoms with Gasteiger partial charge in [-0.15, -0.1) is 0 Å². The van der Waals surface area contributed by atoms with E-state index in [2.05, 4.69) is 21.3 Å². The number of phenolic OH excluding ortho intramolecular Hbond substituents is 2. The van der Waals surface area contributed by atoms with Crippen LogP contribution in [0.4, 0.5) is 16.2 Å². The summed E-state index contributed by atoms with van der Waals surface area (Å²) in [5, 5.41) is 32.3. The minimum Gasteiger partial charge on any atom is -0.507 e. The van der Waals surface area contributed by atoms with Crippen LogP contribution in [0.25, 0.3) is 0 Å². The third-order valence-electron chi connectivity index (χ3n) is 6.38. The molecule has 2 aromatic rings. The van der Waals surface area contributed by atoms with Gasteiger partial charge < -0.3 is 41.0 Å². The maximum Gasteiger partial charge on any atom is 0.408 e. The van der Waals surface area contributed by atoms with Gasteiger partial charge in [0.15, 0.2) is 0 Å². The van der Waals surface area contributed by atoms with Gasteiger partial charge in [-0.25, -0.2) is 4.79 Å². The number of ether oxygens (including phenoxy) is 2.